The van der Waals surface area contributed by atoms with Gasteiger partial charge in [0.05, 0.1) is 5.69 Å². The molecular weight excluding hydrogens is 220 g/mol. The molecule has 0 atom stereocenters. The van der Waals surface area contributed by atoms with Crippen molar-refractivity contribution in [2.45, 2.75) is 6.92 Å². The Labute approximate surface area is 91.2 Å². The molecule has 0 fully saturated rings. The van der Waals surface area contributed by atoms with E-state index in [2.05, 4.69) is 10.1 Å². The first-order chi connectivity index (χ1) is 7.00. The number of primary amides is 1. The van der Waals surface area contributed by atoms with Gasteiger partial charge >= 0.3 is 6.09 Å². The van der Waals surface area contributed by atoms with Crippen LogP contribution in [0.4, 0.5) is 10.5 Å². The Kier molecular flexibility index (Phi) is 3.51. The zero-order chi connectivity index (χ0) is 11.4. The molecule has 0 bridgehead atoms. The maximum Gasteiger partial charge on any atom is 0.410 e. The first kappa shape index (κ1) is 11.3. The molecule has 0 aliphatic rings. The Morgan fingerprint density at radius 3 is 2.67 bits per heavy atom. The van der Waals surface area contributed by atoms with Crippen LogP contribution in [0.3, 0.4) is 0 Å². The van der Waals surface area contributed by atoms with Gasteiger partial charge in [-0.15, -0.1) is 0 Å². The molecule has 15 heavy (non-hydrogen) atoms. The van der Waals surface area contributed by atoms with Gasteiger partial charge in [-0.25, -0.2) is 4.79 Å². The van der Waals surface area contributed by atoms with Gasteiger partial charge in [0.1, 0.15) is 5.02 Å². The molecule has 2 amide bonds. The molecule has 0 aliphatic heterocycles. The highest BCUT2D eigenvalue weighted by Gasteiger charge is 2.09. The van der Waals surface area contributed by atoms with Gasteiger partial charge < -0.3 is 15.8 Å². The molecule has 1 aromatic rings. The number of carbonyl (C=O) groups excluding carboxylic acids is 2. The number of carbonyl (C=O) groups is 2. The summed E-state index contributed by atoms with van der Waals surface area (Å²) in [5, 5.41) is 2.61. The highest BCUT2D eigenvalue weighted by Crippen LogP contribution is 2.31. The third kappa shape index (κ3) is 3.14. The summed E-state index contributed by atoms with van der Waals surface area (Å²) in [7, 11) is 0. The van der Waals surface area contributed by atoms with E-state index in [4.69, 9.17) is 17.3 Å². The fourth-order valence-corrected chi connectivity index (χ4v) is 1.20. The number of nitrogens with one attached hydrogen (secondary N) is 1. The van der Waals surface area contributed by atoms with Crippen LogP contribution in [0.25, 0.3) is 0 Å². The summed E-state index contributed by atoms with van der Waals surface area (Å²) in [6.07, 6.45) is -0.961. The first-order valence-electron chi connectivity index (χ1n) is 4.04. The third-order valence-corrected chi connectivity index (χ3v) is 1.87. The van der Waals surface area contributed by atoms with Crippen LogP contribution in [0.15, 0.2) is 18.2 Å². The summed E-state index contributed by atoms with van der Waals surface area (Å²) in [5.41, 5.74) is 5.20. The SMILES string of the molecule is CC(=O)Nc1cccc(OC(N)=O)c1Cl. The fraction of sp³-hybridized carbons (Fsp3) is 0.111. The van der Waals surface area contributed by atoms with Crippen molar-refractivity contribution in [2.24, 2.45) is 5.73 Å². The van der Waals surface area contributed by atoms with Crippen molar-refractivity contribution >= 4 is 29.3 Å². The van der Waals surface area contributed by atoms with Crippen LogP contribution in [0, 0.1) is 0 Å². The van der Waals surface area contributed by atoms with Gasteiger partial charge in [-0.2, -0.15) is 0 Å². The number of hydrogen-bond donors (Lipinski definition) is 2. The van der Waals surface area contributed by atoms with Crippen molar-refractivity contribution in [1.29, 1.82) is 0 Å². The quantitative estimate of drug-likeness (QED) is 0.809. The largest absolute Gasteiger partial charge is 0.410 e. The minimum atomic E-state index is -0.961. The summed E-state index contributed by atoms with van der Waals surface area (Å²) < 4.78 is 4.62. The molecule has 0 aromatic heterocycles. The summed E-state index contributed by atoms with van der Waals surface area (Å²) in [6.45, 7) is 1.35. The minimum Gasteiger partial charge on any atom is -0.409 e. The average molecular weight is 229 g/mol. The number of anilines is 1. The maximum atomic E-state index is 10.8. The van der Waals surface area contributed by atoms with Crippen LogP contribution in [-0.2, 0) is 4.79 Å². The van der Waals surface area contributed by atoms with E-state index in [0.717, 1.165) is 0 Å². The highest BCUT2D eigenvalue weighted by molar-refractivity contribution is 6.35. The lowest BCUT2D eigenvalue weighted by molar-refractivity contribution is -0.114. The topological polar surface area (TPSA) is 81.4 Å². The van der Waals surface area contributed by atoms with Gasteiger partial charge in [0.15, 0.2) is 5.75 Å². The Balaban J connectivity index is 2.99. The predicted octanol–water partition coefficient (Wildman–Crippen LogP) is 1.76. The average Bonchev–Trinajstić information content (AvgIpc) is 2.10. The van der Waals surface area contributed by atoms with E-state index in [1.165, 1.54) is 13.0 Å². The van der Waals surface area contributed by atoms with Crippen molar-refractivity contribution < 1.29 is 14.3 Å². The molecule has 1 rings (SSSR count). The fourth-order valence-electron chi connectivity index (χ4n) is 0.984. The van der Waals surface area contributed by atoms with E-state index in [1.54, 1.807) is 12.1 Å². The van der Waals surface area contributed by atoms with E-state index in [-0.39, 0.29) is 16.7 Å². The lowest BCUT2D eigenvalue weighted by atomic mass is 10.3. The maximum absolute atomic E-state index is 10.8. The molecule has 0 radical (unpaired) electrons. The summed E-state index contributed by atoms with van der Waals surface area (Å²) in [5.74, 6) is -0.163. The first-order valence-corrected chi connectivity index (χ1v) is 4.42. The lowest BCUT2D eigenvalue weighted by Crippen LogP contribution is -2.16. The van der Waals surface area contributed by atoms with Gasteiger partial charge in [-0.1, -0.05) is 17.7 Å². The monoisotopic (exact) mass is 228 g/mol. The predicted molar refractivity (Wildman–Crippen MR) is 56.0 cm³/mol. The Morgan fingerprint density at radius 2 is 2.13 bits per heavy atom. The molecule has 0 unspecified atom stereocenters. The third-order valence-electron chi connectivity index (χ3n) is 1.48. The van der Waals surface area contributed by atoms with Crippen molar-refractivity contribution in [3.63, 3.8) is 0 Å². The van der Waals surface area contributed by atoms with Crippen molar-refractivity contribution in [3.05, 3.63) is 23.2 Å². The number of benzene rings is 1. The van der Waals surface area contributed by atoms with Crippen LogP contribution in [0.2, 0.25) is 5.02 Å². The summed E-state index contributed by atoms with van der Waals surface area (Å²) in [6, 6.07) is 4.63. The van der Waals surface area contributed by atoms with Gasteiger partial charge in [0, 0.05) is 6.92 Å². The van der Waals surface area contributed by atoms with Crippen LogP contribution in [0.5, 0.6) is 5.75 Å². The van der Waals surface area contributed by atoms with E-state index in [1.807, 2.05) is 0 Å². The second-order valence-corrected chi connectivity index (χ2v) is 3.10. The molecule has 0 saturated carbocycles. The van der Waals surface area contributed by atoms with Crippen LogP contribution in [0.1, 0.15) is 6.92 Å². The smallest absolute Gasteiger partial charge is 0.409 e. The van der Waals surface area contributed by atoms with Crippen molar-refractivity contribution in [3.8, 4) is 5.75 Å². The second-order valence-electron chi connectivity index (χ2n) is 2.72. The number of hydrogen-bond acceptors (Lipinski definition) is 3. The molecule has 80 valence electrons. The number of halogens is 1. The Morgan fingerprint density at radius 1 is 1.47 bits per heavy atom. The number of ether oxygens (including phenoxy) is 1. The van der Waals surface area contributed by atoms with Gasteiger partial charge in [-0.3, -0.25) is 4.79 Å². The van der Waals surface area contributed by atoms with Crippen LogP contribution >= 0.6 is 11.6 Å². The van der Waals surface area contributed by atoms with Crippen molar-refractivity contribution in [2.75, 3.05) is 5.32 Å². The highest BCUT2D eigenvalue weighted by atomic mass is 35.5. The normalized spacial score (nSPS) is 9.47. The standard InChI is InChI=1S/C9H9ClN2O3/c1-5(13)12-6-3-2-4-7(8(6)10)15-9(11)14/h2-4H,1H3,(H2,11,14)(H,12,13). The van der Waals surface area contributed by atoms with E-state index >= 15 is 0 Å². The van der Waals surface area contributed by atoms with Gasteiger partial charge in [0.25, 0.3) is 0 Å². The minimum absolute atomic E-state index is 0.107. The molecule has 0 heterocycles. The van der Waals surface area contributed by atoms with Gasteiger partial charge in [-0.05, 0) is 12.1 Å². The molecule has 1 aromatic carbocycles. The number of rotatable bonds is 2. The molecule has 0 saturated heterocycles. The van der Waals surface area contributed by atoms with Crippen LogP contribution in [-0.4, -0.2) is 12.0 Å². The molecule has 0 aliphatic carbocycles. The lowest BCUT2D eigenvalue weighted by Gasteiger charge is -2.08. The number of amides is 2. The van der Waals surface area contributed by atoms with Gasteiger partial charge in [0.2, 0.25) is 5.91 Å². The van der Waals surface area contributed by atoms with E-state index in [0.29, 0.717) is 5.69 Å². The summed E-state index contributed by atoms with van der Waals surface area (Å²) in [4.78, 5) is 21.3. The molecular formula is C9H9ClN2O3. The zero-order valence-corrected chi connectivity index (χ0v) is 8.67. The van der Waals surface area contributed by atoms with E-state index < -0.39 is 6.09 Å². The molecule has 0 spiro atoms. The Hall–Kier alpha value is -1.75. The second kappa shape index (κ2) is 4.65. The van der Waals surface area contributed by atoms with Crippen LogP contribution < -0.4 is 15.8 Å². The van der Waals surface area contributed by atoms with E-state index in [9.17, 15) is 9.59 Å². The molecule has 5 nitrogen and oxygen atoms in total. The number of nitrogens with two attached hydrogens (primary N) is 1. The molecule has 6 heteroatoms. The zero-order valence-electron chi connectivity index (χ0n) is 7.91. The summed E-state index contributed by atoms with van der Waals surface area (Å²) >= 11 is 5.85. The molecule has 3 N–H and O–H groups in total. The Bertz CT molecular complexity index is 372. The van der Waals surface area contributed by atoms with Crippen molar-refractivity contribution in [1.82, 2.24) is 0 Å².